The number of aromatic hydroxyl groups is 1. The van der Waals surface area contributed by atoms with Crippen molar-refractivity contribution < 1.29 is 14.7 Å². The van der Waals surface area contributed by atoms with E-state index in [-0.39, 0.29) is 17.6 Å². The summed E-state index contributed by atoms with van der Waals surface area (Å²) in [6.45, 7) is 7.62. The Morgan fingerprint density at radius 2 is 1.70 bits per heavy atom. The van der Waals surface area contributed by atoms with E-state index in [4.69, 9.17) is 5.73 Å². The summed E-state index contributed by atoms with van der Waals surface area (Å²) in [6.07, 6.45) is 2.03. The summed E-state index contributed by atoms with van der Waals surface area (Å²) >= 11 is 0. The molecule has 6 heteroatoms. The van der Waals surface area contributed by atoms with Crippen LogP contribution in [0, 0.1) is 13.8 Å². The molecule has 0 unspecified atom stereocenters. The molecule has 0 aromatic heterocycles. The van der Waals surface area contributed by atoms with Crippen LogP contribution in [0.15, 0.2) is 42.5 Å². The molecule has 0 bridgehead atoms. The number of carbonyl (C=O) groups excluding carboxylic acids is 2. The summed E-state index contributed by atoms with van der Waals surface area (Å²) in [5, 5.41) is 15.3. The topological polar surface area (TPSA) is 104 Å². The molecule has 2 rings (SSSR count). The second-order valence-corrected chi connectivity index (χ2v) is 8.33. The van der Waals surface area contributed by atoms with E-state index < -0.39 is 11.6 Å². The minimum absolute atomic E-state index is 0.192. The maximum atomic E-state index is 12.6. The lowest BCUT2D eigenvalue weighted by molar-refractivity contribution is -0.132. The molecule has 1 atom stereocenters. The largest absolute Gasteiger partial charge is 0.508 e. The number of hydrogen-bond acceptors (Lipinski definition) is 4. The Bertz CT molecular complexity index is 856. The lowest BCUT2D eigenvalue weighted by Crippen LogP contribution is -2.58. The number of rotatable bonds is 9. The van der Waals surface area contributed by atoms with E-state index in [1.165, 1.54) is 5.56 Å². The SMILES string of the molecule is Cc1cc(O)cc(C)c1C[C@H](N)C(=O)NC(C)(C)C(=O)NCCCc1ccccc1. The zero-order chi connectivity index (χ0) is 22.3. The highest BCUT2D eigenvalue weighted by atomic mass is 16.3. The third-order valence-corrected chi connectivity index (χ3v) is 5.22. The van der Waals surface area contributed by atoms with E-state index in [0.29, 0.717) is 13.0 Å². The molecule has 2 aromatic rings. The van der Waals surface area contributed by atoms with Crippen molar-refractivity contribution in [2.45, 2.75) is 58.5 Å². The van der Waals surface area contributed by atoms with E-state index >= 15 is 0 Å². The summed E-state index contributed by atoms with van der Waals surface area (Å²) < 4.78 is 0. The Morgan fingerprint density at radius 3 is 2.30 bits per heavy atom. The van der Waals surface area contributed by atoms with E-state index in [1.54, 1.807) is 26.0 Å². The van der Waals surface area contributed by atoms with Crippen molar-refractivity contribution in [3.8, 4) is 5.75 Å². The minimum atomic E-state index is -1.07. The fourth-order valence-electron chi connectivity index (χ4n) is 3.42. The molecule has 0 fully saturated rings. The Kier molecular flexibility index (Phi) is 8.00. The molecular weight excluding hydrogens is 378 g/mol. The third kappa shape index (κ3) is 6.59. The number of nitrogens with one attached hydrogen (secondary N) is 2. The van der Waals surface area contributed by atoms with Gasteiger partial charge in [-0.25, -0.2) is 0 Å². The van der Waals surface area contributed by atoms with Crippen LogP contribution in [0.5, 0.6) is 5.75 Å². The van der Waals surface area contributed by atoms with Crippen LogP contribution in [0.25, 0.3) is 0 Å². The van der Waals surface area contributed by atoms with Gasteiger partial charge in [-0.3, -0.25) is 9.59 Å². The number of phenols is 1. The fraction of sp³-hybridized carbons (Fsp3) is 0.417. The van der Waals surface area contributed by atoms with Crippen molar-refractivity contribution in [3.05, 3.63) is 64.7 Å². The van der Waals surface area contributed by atoms with Crippen LogP contribution >= 0.6 is 0 Å². The standard InChI is InChI=1S/C24H33N3O3/c1-16-13-19(28)14-17(2)20(16)15-21(25)22(29)27-24(3,4)23(30)26-12-8-11-18-9-6-5-7-10-18/h5-7,9-10,13-14,21,28H,8,11-12,15,25H2,1-4H3,(H,26,30)(H,27,29)/t21-/m0/s1. The second kappa shape index (κ2) is 10.3. The summed E-state index contributed by atoms with van der Waals surface area (Å²) in [6, 6.07) is 12.6. The molecule has 0 radical (unpaired) electrons. The maximum absolute atomic E-state index is 12.6. The normalized spacial score (nSPS) is 12.3. The van der Waals surface area contributed by atoms with Crippen molar-refractivity contribution in [3.63, 3.8) is 0 Å². The number of aryl methyl sites for hydroxylation is 3. The summed E-state index contributed by atoms with van der Waals surface area (Å²) in [4.78, 5) is 25.2. The quantitative estimate of drug-likeness (QED) is 0.476. The smallest absolute Gasteiger partial charge is 0.245 e. The van der Waals surface area contributed by atoms with Gasteiger partial charge in [-0.2, -0.15) is 0 Å². The van der Waals surface area contributed by atoms with Crippen molar-refractivity contribution in [1.82, 2.24) is 10.6 Å². The number of hydrogen-bond donors (Lipinski definition) is 4. The molecule has 0 saturated heterocycles. The van der Waals surface area contributed by atoms with Crippen LogP contribution in [0.3, 0.4) is 0 Å². The highest BCUT2D eigenvalue weighted by Crippen LogP contribution is 2.22. The van der Waals surface area contributed by atoms with Gasteiger partial charge in [-0.1, -0.05) is 30.3 Å². The van der Waals surface area contributed by atoms with Gasteiger partial charge in [-0.05, 0) is 81.3 Å². The second-order valence-electron chi connectivity index (χ2n) is 8.33. The predicted molar refractivity (Wildman–Crippen MR) is 119 cm³/mol. The number of benzene rings is 2. The van der Waals surface area contributed by atoms with E-state index in [2.05, 4.69) is 22.8 Å². The molecule has 0 heterocycles. The monoisotopic (exact) mass is 411 g/mol. The number of phenolic OH excluding ortho intramolecular Hbond substituents is 1. The van der Waals surface area contributed by atoms with Gasteiger partial charge >= 0.3 is 0 Å². The first-order chi connectivity index (χ1) is 14.1. The Labute approximate surface area is 178 Å². The van der Waals surface area contributed by atoms with Crippen LogP contribution in [-0.4, -0.2) is 35.0 Å². The molecule has 0 aliphatic carbocycles. The van der Waals surface area contributed by atoms with Gasteiger partial charge in [0, 0.05) is 6.54 Å². The summed E-state index contributed by atoms with van der Waals surface area (Å²) in [5.74, 6) is -0.434. The van der Waals surface area contributed by atoms with Crippen LogP contribution in [0.1, 0.15) is 42.5 Å². The van der Waals surface area contributed by atoms with Crippen LogP contribution in [-0.2, 0) is 22.4 Å². The number of amides is 2. The molecule has 0 spiro atoms. The van der Waals surface area contributed by atoms with Crippen molar-refractivity contribution >= 4 is 11.8 Å². The highest BCUT2D eigenvalue weighted by Gasteiger charge is 2.31. The first-order valence-corrected chi connectivity index (χ1v) is 10.3. The lowest BCUT2D eigenvalue weighted by Gasteiger charge is -2.27. The molecule has 2 amide bonds. The highest BCUT2D eigenvalue weighted by molar-refractivity contribution is 5.92. The van der Waals surface area contributed by atoms with E-state index in [1.807, 2.05) is 32.0 Å². The third-order valence-electron chi connectivity index (χ3n) is 5.22. The molecular formula is C24H33N3O3. The number of carbonyl (C=O) groups is 2. The Morgan fingerprint density at radius 1 is 1.10 bits per heavy atom. The minimum Gasteiger partial charge on any atom is -0.508 e. The van der Waals surface area contributed by atoms with E-state index in [9.17, 15) is 14.7 Å². The summed E-state index contributed by atoms with van der Waals surface area (Å²) in [5.41, 5.74) is 8.96. The molecule has 2 aromatic carbocycles. The fourth-order valence-corrected chi connectivity index (χ4v) is 3.42. The van der Waals surface area contributed by atoms with E-state index in [0.717, 1.165) is 29.5 Å². The van der Waals surface area contributed by atoms with Crippen molar-refractivity contribution in [2.24, 2.45) is 5.73 Å². The average Bonchev–Trinajstić information content (AvgIpc) is 2.68. The maximum Gasteiger partial charge on any atom is 0.245 e. The zero-order valence-electron chi connectivity index (χ0n) is 18.3. The molecule has 0 saturated carbocycles. The van der Waals surface area contributed by atoms with Gasteiger partial charge in [0.2, 0.25) is 11.8 Å². The number of nitrogens with two attached hydrogens (primary N) is 1. The van der Waals surface area contributed by atoms with Gasteiger partial charge in [0.05, 0.1) is 6.04 Å². The zero-order valence-corrected chi connectivity index (χ0v) is 18.3. The molecule has 6 nitrogen and oxygen atoms in total. The van der Waals surface area contributed by atoms with Gasteiger partial charge in [-0.15, -0.1) is 0 Å². The molecule has 5 N–H and O–H groups in total. The van der Waals surface area contributed by atoms with Crippen molar-refractivity contribution in [1.29, 1.82) is 0 Å². The van der Waals surface area contributed by atoms with Crippen LogP contribution < -0.4 is 16.4 Å². The molecule has 30 heavy (non-hydrogen) atoms. The first kappa shape index (κ1) is 23.4. The van der Waals surface area contributed by atoms with Crippen LogP contribution in [0.2, 0.25) is 0 Å². The van der Waals surface area contributed by atoms with Crippen molar-refractivity contribution in [2.75, 3.05) is 6.54 Å². The summed E-state index contributed by atoms with van der Waals surface area (Å²) in [7, 11) is 0. The average molecular weight is 412 g/mol. The van der Waals surface area contributed by atoms with Gasteiger partial charge in [0.25, 0.3) is 0 Å². The molecule has 0 aliphatic heterocycles. The lowest BCUT2D eigenvalue weighted by atomic mass is 9.95. The first-order valence-electron chi connectivity index (χ1n) is 10.3. The van der Waals surface area contributed by atoms with Gasteiger partial charge in [0.1, 0.15) is 11.3 Å². The van der Waals surface area contributed by atoms with Crippen LogP contribution in [0.4, 0.5) is 0 Å². The Hall–Kier alpha value is -2.86. The molecule has 162 valence electrons. The molecule has 0 aliphatic rings. The Balaban J connectivity index is 1.85. The van der Waals surface area contributed by atoms with Gasteiger partial charge < -0.3 is 21.5 Å². The predicted octanol–water partition coefficient (Wildman–Crippen LogP) is 2.52. The van der Waals surface area contributed by atoms with Gasteiger partial charge in [0.15, 0.2) is 0 Å².